The summed E-state index contributed by atoms with van der Waals surface area (Å²) in [5.41, 5.74) is 4.57. The lowest BCUT2D eigenvalue weighted by atomic mass is 10.1. The Kier molecular flexibility index (Phi) is 5.09. The largest absolute Gasteiger partial charge is 0.481 e. The first-order chi connectivity index (χ1) is 12.7. The van der Waals surface area contributed by atoms with E-state index >= 15 is 0 Å². The Balaban J connectivity index is 1.69. The minimum atomic E-state index is -0.813. The molecule has 1 saturated carbocycles. The number of nitrogens with one attached hydrogen (secondary N) is 1. The van der Waals surface area contributed by atoms with Crippen LogP contribution in [0.15, 0.2) is 24.3 Å². The quantitative estimate of drug-likeness (QED) is 0.784. The van der Waals surface area contributed by atoms with Gasteiger partial charge >= 0.3 is 5.97 Å². The third-order valence-electron chi connectivity index (χ3n) is 5.63. The molecule has 1 amide bonds. The molecule has 0 saturated heterocycles. The second-order valence-electron chi connectivity index (χ2n) is 8.10. The second-order valence-corrected chi connectivity index (χ2v) is 8.10. The highest BCUT2D eigenvalue weighted by Crippen LogP contribution is 2.50. The molecule has 1 aromatic carbocycles. The lowest BCUT2D eigenvalue weighted by molar-refractivity contribution is -0.136. The van der Waals surface area contributed by atoms with Gasteiger partial charge in [0.1, 0.15) is 0 Å². The maximum Gasteiger partial charge on any atom is 0.303 e. The van der Waals surface area contributed by atoms with Crippen molar-refractivity contribution < 1.29 is 14.7 Å². The average Bonchev–Trinajstić information content (AvgIpc) is 3.13. The fraction of sp³-hybridized carbons (Fsp3) is 0.476. The highest BCUT2D eigenvalue weighted by atomic mass is 16.4. The maximum atomic E-state index is 12.3. The van der Waals surface area contributed by atoms with Crippen molar-refractivity contribution in [3.8, 4) is 5.69 Å². The van der Waals surface area contributed by atoms with Crippen LogP contribution in [0.5, 0.6) is 0 Å². The van der Waals surface area contributed by atoms with Gasteiger partial charge in [-0.3, -0.25) is 9.59 Å². The summed E-state index contributed by atoms with van der Waals surface area (Å²) in [6.07, 6.45) is 1.71. The summed E-state index contributed by atoms with van der Waals surface area (Å²) in [7, 11) is 0. The zero-order valence-corrected chi connectivity index (χ0v) is 16.4. The second kappa shape index (κ2) is 7.18. The normalized spacial score (nSPS) is 17.6. The Labute approximate surface area is 159 Å². The minimum absolute atomic E-state index is 0.0558. The number of hydrogen-bond donors (Lipinski definition) is 2. The third kappa shape index (κ3) is 4.21. The van der Waals surface area contributed by atoms with E-state index in [-0.39, 0.29) is 12.3 Å². The molecule has 1 unspecified atom stereocenters. The molecular weight excluding hydrogens is 342 g/mol. The number of carbonyl (C=O) groups excluding carboxylic acids is 1. The van der Waals surface area contributed by atoms with Gasteiger partial charge < -0.3 is 10.4 Å². The number of hydrogen-bond acceptors (Lipinski definition) is 3. The van der Waals surface area contributed by atoms with Crippen molar-refractivity contribution in [2.75, 3.05) is 6.54 Å². The zero-order chi connectivity index (χ0) is 19.8. The van der Waals surface area contributed by atoms with Crippen LogP contribution >= 0.6 is 0 Å². The van der Waals surface area contributed by atoms with E-state index < -0.39 is 5.97 Å². The number of aryl methyl sites for hydroxylation is 1. The summed E-state index contributed by atoms with van der Waals surface area (Å²) in [5, 5.41) is 16.5. The lowest BCUT2D eigenvalue weighted by Crippen LogP contribution is -2.26. The van der Waals surface area contributed by atoms with Crippen molar-refractivity contribution in [3.63, 3.8) is 0 Å². The minimum Gasteiger partial charge on any atom is -0.481 e. The summed E-state index contributed by atoms with van der Waals surface area (Å²) in [4.78, 5) is 23.2. The first-order valence-electron chi connectivity index (χ1n) is 9.34. The highest BCUT2D eigenvalue weighted by Gasteiger charge is 2.45. The predicted octanol–water partition coefficient (Wildman–Crippen LogP) is 3.28. The molecule has 1 aliphatic rings. The number of aliphatic carboxylic acids is 1. The average molecular weight is 369 g/mol. The number of amides is 1. The van der Waals surface area contributed by atoms with E-state index in [0.29, 0.717) is 23.3 Å². The van der Waals surface area contributed by atoms with Crippen LogP contribution in [0.1, 0.15) is 54.0 Å². The number of carbonyl (C=O) groups is 2. The molecule has 1 aliphatic carbocycles. The molecule has 3 rings (SSSR count). The van der Waals surface area contributed by atoms with Crippen LogP contribution in [0.25, 0.3) is 5.69 Å². The number of carboxylic acid groups (broad SMARTS) is 1. The third-order valence-corrected chi connectivity index (χ3v) is 5.63. The first-order valence-corrected chi connectivity index (χ1v) is 9.34. The van der Waals surface area contributed by atoms with Crippen LogP contribution in [-0.2, 0) is 11.2 Å². The van der Waals surface area contributed by atoms with Crippen LogP contribution in [0.3, 0.4) is 0 Å². The van der Waals surface area contributed by atoms with Crippen LogP contribution in [0.4, 0.5) is 0 Å². The van der Waals surface area contributed by atoms with Crippen molar-refractivity contribution >= 4 is 11.9 Å². The van der Waals surface area contributed by atoms with E-state index in [1.165, 1.54) is 0 Å². The van der Waals surface area contributed by atoms with E-state index in [0.717, 1.165) is 35.6 Å². The van der Waals surface area contributed by atoms with Gasteiger partial charge in [-0.05, 0) is 67.9 Å². The predicted molar refractivity (Wildman–Crippen MR) is 103 cm³/mol. The molecule has 2 N–H and O–H groups in total. The lowest BCUT2D eigenvalue weighted by Gasteiger charge is -2.09. The van der Waals surface area contributed by atoms with Gasteiger partial charge in [0.25, 0.3) is 5.91 Å². The van der Waals surface area contributed by atoms with E-state index in [1.807, 2.05) is 26.0 Å². The van der Waals surface area contributed by atoms with Crippen molar-refractivity contribution in [2.24, 2.45) is 11.3 Å². The molecule has 0 radical (unpaired) electrons. The highest BCUT2D eigenvalue weighted by molar-refractivity contribution is 5.94. The summed E-state index contributed by atoms with van der Waals surface area (Å²) < 4.78 is 1.81. The topological polar surface area (TPSA) is 84.2 Å². The first kappa shape index (κ1) is 19.1. The van der Waals surface area contributed by atoms with Gasteiger partial charge in [0.05, 0.1) is 11.4 Å². The van der Waals surface area contributed by atoms with Gasteiger partial charge in [-0.15, -0.1) is 0 Å². The number of nitrogens with zero attached hydrogens (tertiary/aromatic N) is 2. The Morgan fingerprint density at radius 1 is 1.26 bits per heavy atom. The van der Waals surface area contributed by atoms with Crippen LogP contribution < -0.4 is 5.32 Å². The van der Waals surface area contributed by atoms with Gasteiger partial charge in [-0.2, -0.15) is 5.10 Å². The molecule has 0 aliphatic heterocycles. The smallest absolute Gasteiger partial charge is 0.303 e. The molecule has 2 aromatic rings. The Bertz CT molecular complexity index is 866. The zero-order valence-electron chi connectivity index (χ0n) is 16.4. The summed E-state index contributed by atoms with van der Waals surface area (Å²) in [5.74, 6) is -0.300. The summed E-state index contributed by atoms with van der Waals surface area (Å²) in [6, 6.07) is 7.35. The van der Waals surface area contributed by atoms with Gasteiger partial charge in [-0.25, -0.2) is 4.68 Å². The van der Waals surface area contributed by atoms with E-state index in [2.05, 4.69) is 24.3 Å². The van der Waals surface area contributed by atoms with Crippen LogP contribution in [0.2, 0.25) is 0 Å². The molecular formula is C21H27N3O3. The van der Waals surface area contributed by atoms with Gasteiger partial charge in [0.2, 0.25) is 0 Å². The summed E-state index contributed by atoms with van der Waals surface area (Å²) >= 11 is 0. The fourth-order valence-corrected chi connectivity index (χ4v) is 3.52. The number of aromatic nitrogens is 2. The van der Waals surface area contributed by atoms with Crippen molar-refractivity contribution in [1.29, 1.82) is 0 Å². The van der Waals surface area contributed by atoms with Gasteiger partial charge in [-0.1, -0.05) is 13.8 Å². The number of benzene rings is 1. The molecule has 144 valence electrons. The maximum absolute atomic E-state index is 12.3. The fourth-order valence-electron chi connectivity index (χ4n) is 3.52. The molecule has 1 heterocycles. The number of rotatable bonds is 7. The molecule has 27 heavy (non-hydrogen) atoms. The monoisotopic (exact) mass is 369 g/mol. The Morgan fingerprint density at radius 3 is 2.44 bits per heavy atom. The van der Waals surface area contributed by atoms with Crippen LogP contribution in [0, 0.1) is 25.2 Å². The van der Waals surface area contributed by atoms with Gasteiger partial charge in [0, 0.05) is 24.2 Å². The van der Waals surface area contributed by atoms with Gasteiger partial charge in [0.15, 0.2) is 0 Å². The van der Waals surface area contributed by atoms with Crippen molar-refractivity contribution in [1.82, 2.24) is 15.1 Å². The standard InChI is InChI=1S/C21H27N3O3/c1-13-18(9-10-19(25)26)14(2)24(23-13)17-7-5-15(6-8-17)20(27)22-12-16-11-21(16,3)4/h5-8,16H,9-12H2,1-4H3,(H,22,27)(H,25,26). The molecule has 1 atom stereocenters. The van der Waals surface area contributed by atoms with E-state index in [9.17, 15) is 9.59 Å². The van der Waals surface area contributed by atoms with Crippen molar-refractivity contribution in [3.05, 3.63) is 46.8 Å². The Morgan fingerprint density at radius 2 is 1.89 bits per heavy atom. The molecule has 0 spiro atoms. The van der Waals surface area contributed by atoms with Crippen molar-refractivity contribution in [2.45, 2.75) is 47.0 Å². The van der Waals surface area contributed by atoms with Crippen LogP contribution in [-0.4, -0.2) is 33.3 Å². The SMILES string of the molecule is Cc1nn(-c2ccc(C(=O)NCC3CC3(C)C)cc2)c(C)c1CCC(=O)O. The number of carboxylic acids is 1. The van der Waals surface area contributed by atoms with E-state index in [4.69, 9.17) is 5.11 Å². The molecule has 1 aromatic heterocycles. The molecule has 6 nitrogen and oxygen atoms in total. The molecule has 1 fully saturated rings. The Hall–Kier alpha value is -2.63. The molecule has 0 bridgehead atoms. The summed E-state index contributed by atoms with van der Waals surface area (Å²) in [6.45, 7) is 8.99. The molecule has 6 heteroatoms. The van der Waals surface area contributed by atoms with E-state index in [1.54, 1.807) is 16.8 Å².